The van der Waals surface area contributed by atoms with Crippen molar-refractivity contribution in [1.82, 2.24) is 20.0 Å². The number of thiocarbonyl (C=S) groups is 1. The number of nitrogens with zero attached hydrogens (tertiary/aromatic N) is 3. The highest BCUT2D eigenvalue weighted by atomic mass is 32.1. The zero-order chi connectivity index (χ0) is 14.2. The van der Waals surface area contributed by atoms with Crippen molar-refractivity contribution in [2.45, 2.75) is 13.0 Å². The Morgan fingerprint density at radius 3 is 2.74 bits per heavy atom. The van der Waals surface area contributed by atoms with Crippen molar-refractivity contribution in [1.29, 1.82) is 0 Å². The maximum absolute atomic E-state index is 12.0. The average Bonchev–Trinajstić information content (AvgIpc) is 2.81. The fourth-order valence-corrected chi connectivity index (χ4v) is 2.30. The third-order valence-electron chi connectivity index (χ3n) is 3.22. The molecule has 0 aromatic carbocycles. The molecule has 6 nitrogen and oxygen atoms in total. The summed E-state index contributed by atoms with van der Waals surface area (Å²) in [6, 6.07) is -0.329. The second-order valence-corrected chi connectivity index (χ2v) is 4.77. The van der Waals surface area contributed by atoms with Gasteiger partial charge in [-0.2, -0.15) is 5.10 Å². The molecule has 1 atom stereocenters. The number of hydrogen-bond donors (Lipinski definition) is 1. The van der Waals surface area contributed by atoms with Gasteiger partial charge in [-0.25, -0.2) is 4.79 Å². The molecular formula is C12H16N4O2S. The van der Waals surface area contributed by atoms with Gasteiger partial charge < -0.3 is 15.0 Å². The molecule has 1 aliphatic heterocycles. The highest BCUT2D eigenvalue weighted by Gasteiger charge is 2.33. The van der Waals surface area contributed by atoms with Crippen LogP contribution in [0, 0.1) is 0 Å². The number of carbonyl (C=O) groups is 1. The third kappa shape index (κ3) is 2.33. The van der Waals surface area contributed by atoms with Crippen molar-refractivity contribution in [3.05, 3.63) is 29.2 Å². The lowest BCUT2D eigenvalue weighted by atomic mass is 9.98. The number of esters is 1. The SMILES string of the molecule is COC(=O)C1=C(C)N(C)C(=S)NC1c1cnn(C)c1. The molecular weight excluding hydrogens is 264 g/mol. The van der Waals surface area contributed by atoms with Gasteiger partial charge in [0.1, 0.15) is 0 Å². The van der Waals surface area contributed by atoms with E-state index in [9.17, 15) is 4.79 Å². The van der Waals surface area contributed by atoms with Crippen LogP contribution >= 0.6 is 12.2 Å². The molecule has 1 N–H and O–H groups in total. The average molecular weight is 280 g/mol. The van der Waals surface area contributed by atoms with Gasteiger partial charge in [-0.3, -0.25) is 4.68 Å². The highest BCUT2D eigenvalue weighted by molar-refractivity contribution is 7.80. The van der Waals surface area contributed by atoms with Crippen molar-refractivity contribution in [3.8, 4) is 0 Å². The first-order valence-corrected chi connectivity index (χ1v) is 6.18. The number of ether oxygens (including phenoxy) is 1. The van der Waals surface area contributed by atoms with Crippen LogP contribution in [-0.2, 0) is 16.6 Å². The fourth-order valence-electron chi connectivity index (χ4n) is 2.05. The van der Waals surface area contributed by atoms with E-state index in [1.165, 1.54) is 7.11 Å². The van der Waals surface area contributed by atoms with E-state index in [1.807, 2.05) is 27.2 Å². The summed E-state index contributed by atoms with van der Waals surface area (Å²) in [5.74, 6) is -0.367. The van der Waals surface area contributed by atoms with Crippen molar-refractivity contribution in [2.75, 3.05) is 14.2 Å². The van der Waals surface area contributed by atoms with Gasteiger partial charge in [0.25, 0.3) is 0 Å². The van der Waals surface area contributed by atoms with E-state index >= 15 is 0 Å². The summed E-state index contributed by atoms with van der Waals surface area (Å²) < 4.78 is 6.55. The number of methoxy groups -OCH3 is 1. The van der Waals surface area contributed by atoms with E-state index in [2.05, 4.69) is 10.4 Å². The number of nitrogens with one attached hydrogen (secondary N) is 1. The standard InChI is InChI=1S/C12H16N4O2S/c1-7-9(11(17)18-4)10(14-12(19)16(7)3)8-5-13-15(2)6-8/h5-6,10H,1-4H3,(H,14,19). The van der Waals surface area contributed by atoms with Gasteiger partial charge in [-0.05, 0) is 19.1 Å². The molecule has 1 unspecified atom stereocenters. The van der Waals surface area contributed by atoms with Gasteiger partial charge in [-0.15, -0.1) is 0 Å². The van der Waals surface area contributed by atoms with Gasteiger partial charge in [0.05, 0.1) is 24.9 Å². The molecule has 0 saturated carbocycles. The Bertz CT molecular complexity index is 564. The number of carbonyl (C=O) groups excluding carboxylic acids is 1. The predicted molar refractivity (Wildman–Crippen MR) is 74.2 cm³/mol. The smallest absolute Gasteiger partial charge is 0.337 e. The molecule has 1 aromatic heterocycles. The first-order valence-electron chi connectivity index (χ1n) is 5.77. The van der Waals surface area contributed by atoms with Crippen LogP contribution < -0.4 is 5.32 Å². The third-order valence-corrected chi connectivity index (χ3v) is 3.61. The number of aromatic nitrogens is 2. The summed E-state index contributed by atoms with van der Waals surface area (Å²) in [6.45, 7) is 1.85. The van der Waals surface area contributed by atoms with Crippen LogP contribution in [0.15, 0.2) is 23.7 Å². The molecule has 7 heteroatoms. The van der Waals surface area contributed by atoms with Gasteiger partial charge >= 0.3 is 5.97 Å². The lowest BCUT2D eigenvalue weighted by Gasteiger charge is -2.34. The van der Waals surface area contributed by atoms with Crippen LogP contribution in [0.2, 0.25) is 0 Å². The molecule has 0 fully saturated rings. The molecule has 2 heterocycles. The monoisotopic (exact) mass is 280 g/mol. The summed E-state index contributed by atoms with van der Waals surface area (Å²) in [7, 11) is 5.01. The maximum atomic E-state index is 12.0. The van der Waals surface area contributed by atoms with Crippen LogP contribution in [0.3, 0.4) is 0 Å². The Morgan fingerprint density at radius 2 is 2.21 bits per heavy atom. The van der Waals surface area contributed by atoms with Crippen LogP contribution in [0.25, 0.3) is 0 Å². The Kier molecular flexibility index (Phi) is 3.57. The number of rotatable bonds is 2. The lowest BCUT2D eigenvalue weighted by Crippen LogP contribution is -2.45. The maximum Gasteiger partial charge on any atom is 0.337 e. The molecule has 0 bridgehead atoms. The lowest BCUT2D eigenvalue weighted by molar-refractivity contribution is -0.136. The quantitative estimate of drug-likeness (QED) is 0.636. The van der Waals surface area contributed by atoms with Gasteiger partial charge in [-0.1, -0.05) is 0 Å². The van der Waals surface area contributed by atoms with Crippen molar-refractivity contribution in [3.63, 3.8) is 0 Å². The summed E-state index contributed by atoms with van der Waals surface area (Å²) in [5.41, 5.74) is 2.20. The summed E-state index contributed by atoms with van der Waals surface area (Å²) in [4.78, 5) is 13.8. The molecule has 1 aliphatic rings. The first kappa shape index (κ1) is 13.5. The summed E-state index contributed by atoms with van der Waals surface area (Å²) >= 11 is 5.27. The Hall–Kier alpha value is -1.89. The van der Waals surface area contributed by atoms with Gasteiger partial charge in [0, 0.05) is 31.6 Å². The molecule has 0 radical (unpaired) electrons. The molecule has 0 aliphatic carbocycles. The van der Waals surface area contributed by atoms with Crippen LogP contribution in [0.5, 0.6) is 0 Å². The van der Waals surface area contributed by atoms with Gasteiger partial charge in [0.2, 0.25) is 0 Å². The van der Waals surface area contributed by atoms with E-state index in [4.69, 9.17) is 17.0 Å². The van der Waals surface area contributed by atoms with E-state index < -0.39 is 0 Å². The largest absolute Gasteiger partial charge is 0.466 e. The molecule has 0 spiro atoms. The molecule has 0 saturated heterocycles. The van der Waals surface area contributed by atoms with Crippen molar-refractivity contribution < 1.29 is 9.53 Å². The van der Waals surface area contributed by atoms with E-state index in [0.29, 0.717) is 10.7 Å². The van der Waals surface area contributed by atoms with E-state index in [1.54, 1.807) is 15.8 Å². The van der Waals surface area contributed by atoms with E-state index in [-0.39, 0.29) is 12.0 Å². The Balaban J connectivity index is 2.51. The van der Waals surface area contributed by atoms with Crippen molar-refractivity contribution >= 4 is 23.3 Å². The zero-order valence-electron chi connectivity index (χ0n) is 11.3. The second-order valence-electron chi connectivity index (χ2n) is 4.38. The summed E-state index contributed by atoms with van der Waals surface area (Å²) in [5, 5.41) is 7.83. The minimum Gasteiger partial charge on any atom is -0.466 e. The van der Waals surface area contributed by atoms with Crippen LogP contribution in [0.1, 0.15) is 18.5 Å². The molecule has 0 amide bonds. The number of allylic oxidation sites excluding steroid dienone is 1. The zero-order valence-corrected chi connectivity index (χ0v) is 12.1. The highest BCUT2D eigenvalue weighted by Crippen LogP contribution is 2.30. The second kappa shape index (κ2) is 5.00. The first-order chi connectivity index (χ1) is 8.95. The van der Waals surface area contributed by atoms with Crippen molar-refractivity contribution in [2.24, 2.45) is 7.05 Å². The predicted octanol–water partition coefficient (Wildman–Crippen LogP) is 0.728. The van der Waals surface area contributed by atoms with Crippen LogP contribution in [0.4, 0.5) is 0 Å². The molecule has 102 valence electrons. The van der Waals surface area contributed by atoms with E-state index in [0.717, 1.165) is 11.3 Å². The topological polar surface area (TPSA) is 59.4 Å². The Labute approximate surface area is 117 Å². The molecule has 19 heavy (non-hydrogen) atoms. The summed E-state index contributed by atoms with van der Waals surface area (Å²) in [6.07, 6.45) is 3.56. The fraction of sp³-hybridized carbons (Fsp3) is 0.417. The normalized spacial score (nSPS) is 19.5. The van der Waals surface area contributed by atoms with Gasteiger partial charge in [0.15, 0.2) is 5.11 Å². The molecule has 2 rings (SSSR count). The Morgan fingerprint density at radius 1 is 1.53 bits per heavy atom. The molecule has 1 aromatic rings. The van der Waals surface area contributed by atoms with Crippen LogP contribution in [-0.4, -0.2) is 39.9 Å². The minimum absolute atomic E-state index is 0.329. The number of aryl methyl sites for hydroxylation is 1. The minimum atomic E-state index is -0.367. The number of hydrogen-bond acceptors (Lipinski definition) is 4.